The van der Waals surface area contributed by atoms with Crippen LogP contribution in [-0.2, 0) is 0 Å². The quantitative estimate of drug-likeness (QED) is 0.475. The molecule has 0 spiro atoms. The molecule has 4 nitrogen and oxygen atoms in total. The third-order valence-corrected chi connectivity index (χ3v) is 1.81. The van der Waals surface area contributed by atoms with Crippen molar-refractivity contribution >= 4 is 0 Å². The van der Waals surface area contributed by atoms with Crippen molar-refractivity contribution in [2.24, 2.45) is 0 Å². The molecule has 0 aliphatic rings. The Hall–Kier alpha value is -1.84. The predicted octanol–water partition coefficient (Wildman–Crippen LogP) is 0.814. The van der Waals surface area contributed by atoms with Gasteiger partial charge in [0.25, 0.3) is 0 Å². The van der Waals surface area contributed by atoms with Gasteiger partial charge in [0.05, 0.1) is 5.21 Å². The third kappa shape index (κ3) is 1.38. The summed E-state index contributed by atoms with van der Waals surface area (Å²) in [5.74, 6) is 0. The highest BCUT2D eigenvalue weighted by Crippen LogP contribution is 2.03. The molecular weight excluding hydrogens is 166 g/mol. The summed E-state index contributed by atoms with van der Waals surface area (Å²) in [5, 5.41) is 14.8. The Morgan fingerprint density at radius 3 is 2.54 bits per heavy atom. The zero-order valence-electron chi connectivity index (χ0n) is 7.21. The Morgan fingerprint density at radius 2 is 2.00 bits per heavy atom. The summed E-state index contributed by atoms with van der Waals surface area (Å²) in [6, 6.07) is 9.52. The van der Waals surface area contributed by atoms with E-state index in [0.29, 0.717) is 10.5 Å². The van der Waals surface area contributed by atoms with Crippen molar-refractivity contribution in [2.75, 3.05) is 0 Å². The van der Waals surface area contributed by atoms with Gasteiger partial charge in [-0.1, -0.05) is 18.2 Å². The van der Waals surface area contributed by atoms with Crippen molar-refractivity contribution in [3.63, 3.8) is 0 Å². The molecule has 0 saturated carbocycles. The summed E-state index contributed by atoms with van der Waals surface area (Å²) in [4.78, 5) is 0.604. The van der Waals surface area contributed by atoms with Crippen LogP contribution in [0.2, 0.25) is 0 Å². The first-order chi connectivity index (χ1) is 6.27. The second-order valence-corrected chi connectivity index (χ2v) is 2.81. The smallest absolute Gasteiger partial charge is 0.169 e. The molecule has 2 aromatic rings. The maximum Gasteiger partial charge on any atom is 0.169 e. The summed E-state index contributed by atoms with van der Waals surface area (Å²) in [7, 11) is 0. The average Bonchev–Trinajstić information content (AvgIpc) is 2.49. The molecule has 66 valence electrons. The number of hydrogen-bond donors (Lipinski definition) is 0. The molecule has 0 unspecified atom stereocenters. The standard InChI is InChI=1S/C9H9N3O/c1-8-7-11(10-12(8)13)9-5-3-2-4-6-9/h2-7H,1H3. The zero-order valence-corrected chi connectivity index (χ0v) is 7.21. The van der Waals surface area contributed by atoms with E-state index in [4.69, 9.17) is 0 Å². The van der Waals surface area contributed by atoms with Gasteiger partial charge in [-0.25, -0.2) is 0 Å². The largest absolute Gasteiger partial charge is 0.691 e. The van der Waals surface area contributed by atoms with Crippen LogP contribution in [0.15, 0.2) is 36.5 Å². The Bertz CT molecular complexity index is 389. The van der Waals surface area contributed by atoms with Crippen LogP contribution in [0.25, 0.3) is 5.69 Å². The van der Waals surface area contributed by atoms with Crippen LogP contribution in [0.5, 0.6) is 0 Å². The Morgan fingerprint density at radius 1 is 1.31 bits per heavy atom. The van der Waals surface area contributed by atoms with Gasteiger partial charge in [0.15, 0.2) is 17.6 Å². The highest BCUT2D eigenvalue weighted by atomic mass is 16.5. The fraction of sp³-hybridized carbons (Fsp3) is 0.111. The molecule has 0 amide bonds. The minimum absolute atomic E-state index is 0.587. The number of rotatable bonds is 1. The number of para-hydroxylation sites is 1. The molecule has 0 atom stereocenters. The van der Waals surface area contributed by atoms with Gasteiger partial charge in [-0.3, -0.25) is 0 Å². The van der Waals surface area contributed by atoms with Gasteiger partial charge in [-0.15, -0.1) is 9.53 Å². The van der Waals surface area contributed by atoms with Crippen molar-refractivity contribution in [3.8, 4) is 5.69 Å². The molecule has 13 heavy (non-hydrogen) atoms. The van der Waals surface area contributed by atoms with E-state index in [1.54, 1.807) is 17.8 Å². The lowest BCUT2D eigenvalue weighted by Crippen LogP contribution is -2.31. The molecule has 1 heterocycles. The van der Waals surface area contributed by atoms with Crippen LogP contribution in [0.1, 0.15) is 5.69 Å². The zero-order chi connectivity index (χ0) is 9.26. The maximum atomic E-state index is 11.0. The average molecular weight is 175 g/mol. The molecular formula is C9H9N3O. The second-order valence-electron chi connectivity index (χ2n) is 2.81. The van der Waals surface area contributed by atoms with Crippen molar-refractivity contribution in [1.29, 1.82) is 0 Å². The SMILES string of the molecule is Cc1cn(-c2ccccc2)n[n+]1[O-]. The summed E-state index contributed by atoms with van der Waals surface area (Å²) >= 11 is 0. The lowest BCUT2D eigenvalue weighted by molar-refractivity contribution is -0.676. The van der Waals surface area contributed by atoms with E-state index in [-0.39, 0.29) is 0 Å². The lowest BCUT2D eigenvalue weighted by atomic mass is 10.3. The first-order valence-corrected chi connectivity index (χ1v) is 3.99. The minimum Gasteiger partial charge on any atom is -0.691 e. The van der Waals surface area contributed by atoms with E-state index < -0.39 is 0 Å². The number of hydrogen-bond acceptors (Lipinski definition) is 2. The number of aryl methyl sites for hydroxylation is 1. The second kappa shape index (κ2) is 2.90. The molecule has 1 aromatic heterocycles. The fourth-order valence-electron chi connectivity index (χ4n) is 1.12. The van der Waals surface area contributed by atoms with E-state index in [1.165, 1.54) is 0 Å². The first kappa shape index (κ1) is 7.79. The molecule has 0 aliphatic heterocycles. The molecule has 0 N–H and O–H groups in total. The molecule has 0 saturated heterocycles. The predicted molar refractivity (Wildman–Crippen MR) is 47.3 cm³/mol. The summed E-state index contributed by atoms with van der Waals surface area (Å²) in [6.45, 7) is 1.72. The van der Waals surface area contributed by atoms with Gasteiger partial charge >= 0.3 is 0 Å². The minimum atomic E-state index is 0.587. The van der Waals surface area contributed by atoms with E-state index in [9.17, 15) is 5.21 Å². The lowest BCUT2D eigenvalue weighted by Gasteiger charge is -1.92. The Labute approximate surface area is 75.6 Å². The Balaban J connectivity index is 2.48. The first-order valence-electron chi connectivity index (χ1n) is 3.99. The molecule has 2 rings (SSSR count). The van der Waals surface area contributed by atoms with Crippen LogP contribution in [0.4, 0.5) is 0 Å². The van der Waals surface area contributed by atoms with Crippen LogP contribution in [0.3, 0.4) is 0 Å². The summed E-state index contributed by atoms with van der Waals surface area (Å²) in [5.41, 5.74) is 1.48. The van der Waals surface area contributed by atoms with Gasteiger partial charge in [-0.2, -0.15) is 0 Å². The highest BCUT2D eigenvalue weighted by Gasteiger charge is 2.07. The maximum absolute atomic E-state index is 11.0. The van der Waals surface area contributed by atoms with Crippen molar-refractivity contribution in [2.45, 2.75) is 6.92 Å². The highest BCUT2D eigenvalue weighted by molar-refractivity contribution is 5.29. The van der Waals surface area contributed by atoms with Crippen LogP contribution < -0.4 is 4.85 Å². The summed E-state index contributed by atoms with van der Waals surface area (Å²) in [6.07, 6.45) is 1.70. The van der Waals surface area contributed by atoms with Gasteiger partial charge in [0.2, 0.25) is 0 Å². The fourth-order valence-corrected chi connectivity index (χ4v) is 1.12. The van der Waals surface area contributed by atoms with Crippen molar-refractivity contribution < 1.29 is 4.85 Å². The molecule has 0 bridgehead atoms. The van der Waals surface area contributed by atoms with E-state index in [2.05, 4.69) is 5.21 Å². The van der Waals surface area contributed by atoms with Crippen LogP contribution in [-0.4, -0.2) is 9.90 Å². The van der Waals surface area contributed by atoms with Crippen molar-refractivity contribution in [3.05, 3.63) is 47.4 Å². The number of benzene rings is 1. The van der Waals surface area contributed by atoms with Crippen LogP contribution >= 0.6 is 0 Å². The number of nitrogens with zero attached hydrogens (tertiary/aromatic N) is 3. The number of aromatic nitrogens is 3. The third-order valence-electron chi connectivity index (χ3n) is 1.81. The molecule has 1 aromatic carbocycles. The molecule has 0 fully saturated rings. The monoisotopic (exact) mass is 175 g/mol. The van der Waals surface area contributed by atoms with Gasteiger partial charge in [0, 0.05) is 6.92 Å². The van der Waals surface area contributed by atoms with Crippen LogP contribution in [0, 0.1) is 12.1 Å². The van der Waals surface area contributed by atoms with Gasteiger partial charge < -0.3 is 5.21 Å². The van der Waals surface area contributed by atoms with Gasteiger partial charge in [0.1, 0.15) is 0 Å². The van der Waals surface area contributed by atoms with Crippen molar-refractivity contribution in [1.82, 2.24) is 9.90 Å². The van der Waals surface area contributed by atoms with E-state index in [1.807, 2.05) is 30.3 Å². The topological polar surface area (TPSA) is 44.8 Å². The van der Waals surface area contributed by atoms with E-state index in [0.717, 1.165) is 5.69 Å². The molecule has 0 radical (unpaired) electrons. The summed E-state index contributed by atoms with van der Waals surface area (Å²) < 4.78 is 1.56. The normalized spacial score (nSPS) is 10.2. The van der Waals surface area contributed by atoms with E-state index >= 15 is 0 Å². The Kier molecular flexibility index (Phi) is 1.73. The molecule has 4 heteroatoms. The molecule has 0 aliphatic carbocycles. The van der Waals surface area contributed by atoms with Gasteiger partial charge in [-0.05, 0) is 12.1 Å².